The molecule has 1 unspecified atom stereocenters. The number of benzene rings is 1. The van der Waals surface area contributed by atoms with Gasteiger partial charge >= 0.3 is 0 Å². The number of ketones is 2. The molecular weight excluding hydrogens is 408 g/mol. The lowest BCUT2D eigenvalue weighted by Crippen LogP contribution is -2.21. The Morgan fingerprint density at radius 2 is 1.42 bits per heavy atom. The van der Waals surface area contributed by atoms with Crippen LogP contribution < -0.4 is 0 Å². The van der Waals surface area contributed by atoms with Crippen molar-refractivity contribution in [2.45, 2.75) is 94.9 Å². The maximum Gasteiger partial charge on any atom is 0.132 e. The summed E-state index contributed by atoms with van der Waals surface area (Å²) in [4.78, 5) is 21.1. The molecule has 0 aromatic heterocycles. The fourth-order valence-corrected chi connectivity index (χ4v) is 2.71. The van der Waals surface area contributed by atoms with Crippen molar-refractivity contribution in [2.75, 3.05) is 0 Å². The Morgan fingerprint density at radius 1 is 0.939 bits per heavy atom. The summed E-state index contributed by atoms with van der Waals surface area (Å²) in [6.07, 6.45) is 3.46. The van der Waals surface area contributed by atoms with Gasteiger partial charge in [-0.1, -0.05) is 84.4 Å². The van der Waals surface area contributed by atoms with E-state index in [1.165, 1.54) is 23.1 Å². The topological polar surface area (TPSA) is 54.4 Å². The molecule has 0 amide bonds. The van der Waals surface area contributed by atoms with Crippen LogP contribution >= 0.6 is 0 Å². The minimum absolute atomic E-state index is 0.0453. The maximum atomic E-state index is 10.6. The third kappa shape index (κ3) is 15.3. The van der Waals surface area contributed by atoms with E-state index >= 15 is 0 Å². The average molecular weight is 459 g/mol. The first-order chi connectivity index (χ1) is 15.1. The van der Waals surface area contributed by atoms with Crippen LogP contribution in [0.1, 0.15) is 94.1 Å². The summed E-state index contributed by atoms with van der Waals surface area (Å²) in [6.45, 7) is 28.3. The minimum Gasteiger partial charge on any atom is -0.508 e. The summed E-state index contributed by atoms with van der Waals surface area (Å²) in [5.74, 6) is 1.94. The smallest absolute Gasteiger partial charge is 0.132 e. The number of carbonyl (C=O) groups is 2. The molecule has 0 saturated carbocycles. The number of Topliss-reactive ketones (excluding diaryl/α,β-unsaturated/α-hetero) is 2. The van der Waals surface area contributed by atoms with Crippen LogP contribution in [0, 0.1) is 23.2 Å². The fraction of sp³-hybridized carbons (Fsp3) is 0.600. The van der Waals surface area contributed by atoms with Crippen LogP contribution in [-0.2, 0) is 16.0 Å². The molecule has 0 spiro atoms. The monoisotopic (exact) mass is 458 g/mol. The van der Waals surface area contributed by atoms with Crippen molar-refractivity contribution in [3.05, 3.63) is 54.1 Å². The highest BCUT2D eigenvalue weighted by molar-refractivity contribution is 5.79. The van der Waals surface area contributed by atoms with Crippen LogP contribution in [-0.4, -0.2) is 16.7 Å². The largest absolute Gasteiger partial charge is 0.508 e. The first kappa shape index (κ1) is 33.0. The van der Waals surface area contributed by atoms with E-state index in [1.807, 2.05) is 26.0 Å². The molecule has 3 heteroatoms. The second-order valence-corrected chi connectivity index (χ2v) is 10.2. The maximum absolute atomic E-state index is 10.6. The quantitative estimate of drug-likeness (QED) is 0.358. The molecule has 0 aliphatic carbocycles. The van der Waals surface area contributed by atoms with Crippen LogP contribution in [0.25, 0.3) is 0 Å². The Hall–Kier alpha value is -2.16. The Morgan fingerprint density at radius 3 is 1.73 bits per heavy atom. The molecule has 0 bridgehead atoms. The van der Waals surface area contributed by atoms with Gasteiger partial charge in [-0.05, 0) is 75.5 Å². The number of allylic oxidation sites excluding steroid dienone is 2. The van der Waals surface area contributed by atoms with Crippen LogP contribution in [0.15, 0.2) is 48.6 Å². The summed E-state index contributed by atoms with van der Waals surface area (Å²) >= 11 is 0. The van der Waals surface area contributed by atoms with Crippen LogP contribution in [0.2, 0.25) is 0 Å². The van der Waals surface area contributed by atoms with E-state index in [4.69, 9.17) is 5.11 Å². The van der Waals surface area contributed by atoms with Gasteiger partial charge in [0.15, 0.2) is 0 Å². The van der Waals surface area contributed by atoms with E-state index < -0.39 is 0 Å². The molecule has 3 atom stereocenters. The number of phenols is 1. The van der Waals surface area contributed by atoms with Crippen molar-refractivity contribution in [3.8, 4) is 5.75 Å². The summed E-state index contributed by atoms with van der Waals surface area (Å²) < 4.78 is 0. The number of rotatable bonds is 10. The van der Waals surface area contributed by atoms with E-state index in [2.05, 4.69) is 54.7 Å². The Labute approximate surface area is 204 Å². The van der Waals surface area contributed by atoms with E-state index in [9.17, 15) is 9.59 Å². The van der Waals surface area contributed by atoms with Crippen molar-refractivity contribution in [1.29, 1.82) is 0 Å². The highest BCUT2D eigenvalue weighted by Crippen LogP contribution is 2.35. The normalized spacial score (nSPS) is 13.3. The second-order valence-electron chi connectivity index (χ2n) is 10.2. The molecule has 1 rings (SSSR count). The molecule has 3 nitrogen and oxygen atoms in total. The van der Waals surface area contributed by atoms with Gasteiger partial charge in [-0.3, -0.25) is 4.79 Å². The molecule has 0 heterocycles. The molecule has 33 heavy (non-hydrogen) atoms. The van der Waals surface area contributed by atoms with Gasteiger partial charge in [-0.15, -0.1) is 0 Å². The molecule has 188 valence electrons. The number of hydrogen-bond acceptors (Lipinski definition) is 3. The van der Waals surface area contributed by atoms with E-state index in [0.29, 0.717) is 29.9 Å². The van der Waals surface area contributed by atoms with E-state index in [-0.39, 0.29) is 17.5 Å². The standard InChI is InChI=1S/C12H16O.C10H20.C8H14O2/c1-9(2)10(3)8-11-4-6-12(13)7-5-11;1-7-9(4)10(5,6)8(2)3;1-6(8(3)10)4-5-7(2)9/h4-7,10,13H,1,8H2,2-3H3;9H,2,7H2,1,3-6H3;6H,4-5H2,1-3H3/t10-;;6-/m0.0/s1. The first-order valence-corrected chi connectivity index (χ1v) is 12.1. The molecule has 1 N–H and O–H groups in total. The Kier molecular flexibility index (Phi) is 16.5. The molecular formula is C30H50O3. The Bertz CT molecular complexity index is 740. The highest BCUT2D eigenvalue weighted by atomic mass is 16.3. The third-order valence-electron chi connectivity index (χ3n) is 6.89. The molecule has 0 aliphatic rings. The predicted octanol–water partition coefficient (Wildman–Crippen LogP) is 8.36. The zero-order valence-electron chi connectivity index (χ0n) is 23.0. The van der Waals surface area contributed by atoms with Gasteiger partial charge in [0.1, 0.15) is 17.3 Å². The van der Waals surface area contributed by atoms with Gasteiger partial charge in [-0.25, -0.2) is 0 Å². The lowest BCUT2D eigenvalue weighted by atomic mass is 9.74. The van der Waals surface area contributed by atoms with E-state index in [0.717, 1.165) is 12.3 Å². The molecule has 0 fully saturated rings. The van der Waals surface area contributed by atoms with Gasteiger partial charge in [0.2, 0.25) is 0 Å². The summed E-state index contributed by atoms with van der Waals surface area (Å²) in [7, 11) is 0. The lowest BCUT2D eigenvalue weighted by molar-refractivity contribution is -0.121. The average Bonchev–Trinajstić information content (AvgIpc) is 2.73. The van der Waals surface area contributed by atoms with Crippen molar-refractivity contribution in [3.63, 3.8) is 0 Å². The molecule has 0 saturated heterocycles. The number of hydrogen-bond donors (Lipinski definition) is 1. The van der Waals surface area contributed by atoms with Crippen molar-refractivity contribution < 1.29 is 14.7 Å². The SMILES string of the molecule is C=C(C)C(C)(C)C(C)CC.C=C(C)[C@@H](C)Cc1ccc(O)cc1.CC(=O)CC[C@H](C)C(C)=O. The Balaban J connectivity index is 0. The van der Waals surface area contributed by atoms with Crippen LogP contribution in [0.3, 0.4) is 0 Å². The van der Waals surface area contributed by atoms with Gasteiger partial charge in [-0.2, -0.15) is 0 Å². The molecule has 1 aromatic carbocycles. The number of carbonyl (C=O) groups excluding carboxylic acids is 2. The second kappa shape index (κ2) is 16.5. The van der Waals surface area contributed by atoms with Crippen LogP contribution in [0.4, 0.5) is 0 Å². The third-order valence-corrected chi connectivity index (χ3v) is 6.89. The summed E-state index contributed by atoms with van der Waals surface area (Å²) in [6, 6.07) is 7.35. The van der Waals surface area contributed by atoms with Gasteiger partial charge in [0, 0.05) is 12.3 Å². The number of aromatic hydroxyl groups is 1. The summed E-state index contributed by atoms with van der Waals surface area (Å²) in [5, 5.41) is 9.08. The number of phenolic OH excluding ortho intramolecular Hbond substituents is 1. The van der Waals surface area contributed by atoms with Gasteiger partial charge < -0.3 is 9.90 Å². The molecule has 0 aliphatic heterocycles. The van der Waals surface area contributed by atoms with Crippen molar-refractivity contribution in [1.82, 2.24) is 0 Å². The van der Waals surface area contributed by atoms with Crippen LogP contribution in [0.5, 0.6) is 5.75 Å². The predicted molar refractivity (Wildman–Crippen MR) is 144 cm³/mol. The first-order valence-electron chi connectivity index (χ1n) is 12.1. The van der Waals surface area contributed by atoms with Gasteiger partial charge in [0.05, 0.1) is 0 Å². The fourth-order valence-electron chi connectivity index (χ4n) is 2.71. The van der Waals surface area contributed by atoms with Crippen molar-refractivity contribution >= 4 is 11.6 Å². The lowest BCUT2D eigenvalue weighted by Gasteiger charge is -2.31. The summed E-state index contributed by atoms with van der Waals surface area (Å²) in [5.41, 5.74) is 4.05. The zero-order chi connectivity index (χ0) is 26.4. The molecule has 1 aromatic rings. The highest BCUT2D eigenvalue weighted by Gasteiger charge is 2.24. The van der Waals surface area contributed by atoms with Crippen molar-refractivity contribution in [2.24, 2.45) is 23.2 Å². The zero-order valence-corrected chi connectivity index (χ0v) is 23.0. The molecule has 0 radical (unpaired) electrons. The minimum atomic E-state index is 0.0453. The van der Waals surface area contributed by atoms with E-state index in [1.54, 1.807) is 26.0 Å². The van der Waals surface area contributed by atoms with Gasteiger partial charge in [0.25, 0.3) is 0 Å².